The normalized spacial score (nSPS) is 20.4. The number of carbonyl (C=O) groups is 1. The van der Waals surface area contributed by atoms with E-state index in [0.29, 0.717) is 34.2 Å². The van der Waals surface area contributed by atoms with Crippen molar-refractivity contribution in [1.29, 1.82) is 0 Å². The molecule has 2 heterocycles. The Morgan fingerprint density at radius 1 is 1.44 bits per heavy atom. The van der Waals surface area contributed by atoms with E-state index in [-0.39, 0.29) is 18.0 Å². The van der Waals surface area contributed by atoms with Crippen molar-refractivity contribution < 1.29 is 13.7 Å². The number of aryl methyl sites for hydroxylation is 2. The molecule has 0 fully saturated rings. The van der Waals surface area contributed by atoms with Crippen LogP contribution in [0.4, 0.5) is 4.39 Å². The number of Topliss-reactive ketones (excluding diaryl/α,β-unsaturated/α-hetero) is 1. The van der Waals surface area contributed by atoms with Crippen LogP contribution in [0.2, 0.25) is 0 Å². The van der Waals surface area contributed by atoms with Crippen molar-refractivity contribution in [2.75, 3.05) is 5.75 Å². The molecule has 0 aliphatic carbocycles. The third-order valence-electron chi connectivity index (χ3n) is 4.48. The van der Waals surface area contributed by atoms with E-state index in [4.69, 9.17) is 10.3 Å². The first kappa shape index (κ1) is 17.7. The summed E-state index contributed by atoms with van der Waals surface area (Å²) in [5.41, 5.74) is 7.39. The molecule has 7 heteroatoms. The largest absolute Gasteiger partial charge is 0.379 e. The summed E-state index contributed by atoms with van der Waals surface area (Å²) in [6.07, 6.45) is 0.844. The molecule has 0 amide bonds. The van der Waals surface area contributed by atoms with Gasteiger partial charge in [-0.3, -0.25) is 9.79 Å². The minimum absolute atomic E-state index is 0.0961. The summed E-state index contributed by atoms with van der Waals surface area (Å²) in [5, 5.41) is 4.28. The molecule has 0 bridgehead atoms. The molecule has 3 rings (SSSR count). The van der Waals surface area contributed by atoms with Gasteiger partial charge in [0.2, 0.25) is 0 Å². The number of halogens is 1. The zero-order chi connectivity index (χ0) is 18.2. The van der Waals surface area contributed by atoms with Crippen LogP contribution in [0.25, 0.3) is 0 Å². The predicted molar refractivity (Wildman–Crippen MR) is 96.5 cm³/mol. The third kappa shape index (κ3) is 3.46. The molecule has 1 aliphatic heterocycles. The van der Waals surface area contributed by atoms with Crippen LogP contribution in [0.3, 0.4) is 0 Å². The Kier molecular flexibility index (Phi) is 4.69. The second kappa shape index (κ2) is 6.63. The van der Waals surface area contributed by atoms with Crippen LogP contribution in [-0.4, -0.2) is 21.9 Å². The summed E-state index contributed by atoms with van der Waals surface area (Å²) in [6.45, 7) is 5.32. The number of nitrogens with zero attached hydrogens (tertiary/aromatic N) is 2. The Hall–Kier alpha value is -2.15. The Bertz CT molecular complexity index is 843. The Morgan fingerprint density at radius 3 is 2.84 bits per heavy atom. The second-order valence-corrected chi connectivity index (χ2v) is 7.55. The standard InChI is InChI=1S/C18H20FN3O2S/c1-10-16(11(2)24-22-10)15(23)9-12-4-5-14(19)13(8-12)18(3)6-7-25-17(20)21-18/h4-5,8H,6-7,9H2,1-3H3,(H2,20,21)/t18-/m0/s1. The van der Waals surface area contributed by atoms with Gasteiger partial charge < -0.3 is 10.3 Å². The minimum Gasteiger partial charge on any atom is -0.379 e. The van der Waals surface area contributed by atoms with E-state index in [9.17, 15) is 9.18 Å². The molecule has 1 atom stereocenters. The van der Waals surface area contributed by atoms with Crippen LogP contribution in [-0.2, 0) is 12.0 Å². The van der Waals surface area contributed by atoms with Crippen molar-refractivity contribution in [3.63, 3.8) is 0 Å². The van der Waals surface area contributed by atoms with Gasteiger partial charge in [0.1, 0.15) is 11.6 Å². The van der Waals surface area contributed by atoms with Crippen molar-refractivity contribution in [2.45, 2.75) is 39.2 Å². The van der Waals surface area contributed by atoms with E-state index in [2.05, 4.69) is 10.1 Å². The fraction of sp³-hybridized carbons (Fsp3) is 0.389. The lowest BCUT2D eigenvalue weighted by atomic mass is 9.87. The van der Waals surface area contributed by atoms with E-state index in [0.717, 1.165) is 11.3 Å². The fourth-order valence-electron chi connectivity index (χ4n) is 3.13. The highest BCUT2D eigenvalue weighted by atomic mass is 32.2. The number of hydrogen-bond acceptors (Lipinski definition) is 6. The molecular formula is C18H20FN3O2S. The Labute approximate surface area is 149 Å². The maximum absolute atomic E-state index is 14.4. The van der Waals surface area contributed by atoms with Gasteiger partial charge in [-0.1, -0.05) is 23.0 Å². The summed E-state index contributed by atoms with van der Waals surface area (Å²) < 4.78 is 19.5. The van der Waals surface area contributed by atoms with Crippen LogP contribution in [0.15, 0.2) is 27.7 Å². The van der Waals surface area contributed by atoms with Gasteiger partial charge in [0.15, 0.2) is 11.0 Å². The van der Waals surface area contributed by atoms with E-state index in [1.165, 1.54) is 17.8 Å². The fourth-order valence-corrected chi connectivity index (χ4v) is 4.11. The molecule has 1 aromatic heterocycles. The lowest BCUT2D eigenvalue weighted by molar-refractivity contribution is 0.0991. The van der Waals surface area contributed by atoms with E-state index in [1.54, 1.807) is 26.0 Å². The van der Waals surface area contributed by atoms with E-state index < -0.39 is 5.54 Å². The van der Waals surface area contributed by atoms with Gasteiger partial charge in [0.25, 0.3) is 0 Å². The molecule has 0 unspecified atom stereocenters. The summed E-state index contributed by atoms with van der Waals surface area (Å²) in [4.78, 5) is 17.0. The summed E-state index contributed by atoms with van der Waals surface area (Å²) in [6, 6.07) is 4.74. The Balaban J connectivity index is 1.92. The lowest BCUT2D eigenvalue weighted by Crippen LogP contribution is -2.29. The number of rotatable bonds is 4. The smallest absolute Gasteiger partial charge is 0.172 e. The van der Waals surface area contributed by atoms with E-state index in [1.807, 2.05) is 6.92 Å². The highest BCUT2D eigenvalue weighted by molar-refractivity contribution is 8.13. The number of aromatic nitrogens is 1. The first-order valence-corrected chi connectivity index (χ1v) is 9.02. The van der Waals surface area contributed by atoms with Crippen molar-refractivity contribution in [1.82, 2.24) is 5.16 Å². The quantitative estimate of drug-likeness (QED) is 0.843. The Morgan fingerprint density at radius 2 is 2.20 bits per heavy atom. The van der Waals surface area contributed by atoms with Crippen molar-refractivity contribution in [3.8, 4) is 0 Å². The molecule has 0 saturated carbocycles. The average molecular weight is 361 g/mol. The number of benzene rings is 1. The molecule has 132 valence electrons. The number of nitrogens with two attached hydrogens (primary N) is 1. The third-order valence-corrected chi connectivity index (χ3v) is 5.28. The SMILES string of the molecule is Cc1noc(C)c1C(=O)Cc1ccc(F)c([C@]2(C)CCSC(N)=N2)c1. The van der Waals surface area contributed by atoms with Crippen LogP contribution in [0.5, 0.6) is 0 Å². The highest BCUT2D eigenvalue weighted by Gasteiger charge is 2.32. The van der Waals surface area contributed by atoms with Gasteiger partial charge in [-0.2, -0.15) is 0 Å². The number of ketones is 1. The van der Waals surface area contributed by atoms with Crippen LogP contribution in [0, 0.1) is 19.7 Å². The molecule has 25 heavy (non-hydrogen) atoms. The zero-order valence-electron chi connectivity index (χ0n) is 14.4. The van der Waals surface area contributed by atoms with Gasteiger partial charge in [-0.25, -0.2) is 4.39 Å². The molecule has 0 radical (unpaired) electrons. The number of carbonyl (C=O) groups excluding carboxylic acids is 1. The summed E-state index contributed by atoms with van der Waals surface area (Å²) in [5.74, 6) is 0.854. The molecule has 1 aromatic carbocycles. The molecule has 1 aliphatic rings. The van der Waals surface area contributed by atoms with Crippen molar-refractivity contribution in [2.24, 2.45) is 10.7 Å². The molecule has 0 spiro atoms. The number of aliphatic imine (C=N–C) groups is 1. The van der Waals surface area contributed by atoms with Gasteiger partial charge in [0, 0.05) is 17.7 Å². The van der Waals surface area contributed by atoms with Gasteiger partial charge >= 0.3 is 0 Å². The van der Waals surface area contributed by atoms with Crippen LogP contribution < -0.4 is 5.73 Å². The maximum atomic E-state index is 14.4. The molecule has 5 nitrogen and oxygen atoms in total. The lowest BCUT2D eigenvalue weighted by Gasteiger charge is -2.30. The van der Waals surface area contributed by atoms with Crippen LogP contribution >= 0.6 is 11.8 Å². The first-order chi connectivity index (χ1) is 11.8. The second-order valence-electron chi connectivity index (χ2n) is 6.44. The van der Waals surface area contributed by atoms with Crippen molar-refractivity contribution in [3.05, 3.63) is 52.2 Å². The molecule has 2 aromatic rings. The first-order valence-electron chi connectivity index (χ1n) is 8.03. The zero-order valence-corrected chi connectivity index (χ0v) is 15.2. The van der Waals surface area contributed by atoms with Crippen molar-refractivity contribution >= 4 is 22.7 Å². The van der Waals surface area contributed by atoms with Crippen LogP contribution in [0.1, 0.15) is 46.3 Å². The summed E-state index contributed by atoms with van der Waals surface area (Å²) in [7, 11) is 0. The number of hydrogen-bond donors (Lipinski definition) is 1. The molecular weight excluding hydrogens is 341 g/mol. The maximum Gasteiger partial charge on any atom is 0.172 e. The highest BCUT2D eigenvalue weighted by Crippen LogP contribution is 2.36. The van der Waals surface area contributed by atoms with Gasteiger partial charge in [-0.15, -0.1) is 0 Å². The number of amidine groups is 1. The van der Waals surface area contributed by atoms with E-state index >= 15 is 0 Å². The minimum atomic E-state index is -0.707. The summed E-state index contributed by atoms with van der Waals surface area (Å²) >= 11 is 1.47. The average Bonchev–Trinajstić information content (AvgIpc) is 2.87. The topological polar surface area (TPSA) is 81.5 Å². The molecule has 2 N–H and O–H groups in total. The van der Waals surface area contributed by atoms with Gasteiger partial charge in [-0.05, 0) is 44.9 Å². The predicted octanol–water partition coefficient (Wildman–Crippen LogP) is 3.52. The van der Waals surface area contributed by atoms with Gasteiger partial charge in [0.05, 0.1) is 16.8 Å². The monoisotopic (exact) mass is 361 g/mol. The molecule has 0 saturated heterocycles. The number of thioether (sulfide) groups is 1.